The summed E-state index contributed by atoms with van der Waals surface area (Å²) in [6, 6.07) is 0. The van der Waals surface area contributed by atoms with Crippen molar-refractivity contribution in [3.05, 3.63) is 22.4 Å². The van der Waals surface area contributed by atoms with Crippen molar-refractivity contribution in [1.29, 1.82) is 0 Å². The van der Waals surface area contributed by atoms with Crippen LogP contribution in [0.25, 0.3) is 0 Å². The molecule has 1 rings (SSSR count). The van der Waals surface area contributed by atoms with E-state index < -0.39 is 0 Å². The summed E-state index contributed by atoms with van der Waals surface area (Å²) >= 11 is 0. The number of allylic oxidation sites excluding steroid dienone is 3. The highest BCUT2D eigenvalue weighted by atomic mass is 16.5. The molecule has 0 amide bonds. The molecule has 0 saturated carbocycles. The molecule has 1 N–H and O–H groups in total. The van der Waals surface area contributed by atoms with Gasteiger partial charge in [-0.3, -0.25) is 10.3 Å². The van der Waals surface area contributed by atoms with Crippen LogP contribution < -0.4 is 0 Å². The number of hydrogen-bond acceptors (Lipinski definition) is 2. The molecule has 0 aromatic carbocycles. The van der Waals surface area contributed by atoms with Crippen LogP contribution in [-0.2, 0) is 0 Å². The van der Waals surface area contributed by atoms with Crippen molar-refractivity contribution in [2.24, 2.45) is 0 Å². The average Bonchev–Trinajstić information content (AvgIpc) is 1.97. The van der Waals surface area contributed by atoms with Crippen molar-refractivity contribution in [2.45, 2.75) is 27.7 Å². The molecule has 0 aliphatic carbocycles. The maximum absolute atomic E-state index is 9.38. The monoisotopic (exact) mass is 153 g/mol. The Labute approximate surface area is 67.8 Å². The van der Waals surface area contributed by atoms with Gasteiger partial charge in [0.2, 0.25) is 0 Å². The summed E-state index contributed by atoms with van der Waals surface area (Å²) in [4.78, 5) is 0. The Morgan fingerprint density at radius 3 is 2.18 bits per heavy atom. The first-order valence-corrected chi connectivity index (χ1v) is 3.84. The minimum absolute atomic E-state index is 0.648. The second kappa shape index (κ2) is 2.70. The Balaban J connectivity index is 3.07. The van der Waals surface area contributed by atoms with E-state index in [1.54, 1.807) is 0 Å². The minimum Gasteiger partial charge on any atom is -0.288 e. The van der Waals surface area contributed by atoms with Crippen LogP contribution in [0, 0.1) is 0 Å². The van der Waals surface area contributed by atoms with Gasteiger partial charge in [0.05, 0.1) is 6.54 Å². The summed E-state index contributed by atoms with van der Waals surface area (Å²) < 4.78 is 0. The third kappa shape index (κ3) is 1.31. The van der Waals surface area contributed by atoms with Gasteiger partial charge < -0.3 is 0 Å². The van der Waals surface area contributed by atoms with E-state index in [1.807, 2.05) is 13.8 Å². The van der Waals surface area contributed by atoms with Gasteiger partial charge in [-0.15, -0.1) is 0 Å². The van der Waals surface area contributed by atoms with Crippen molar-refractivity contribution in [1.82, 2.24) is 5.06 Å². The zero-order chi connectivity index (χ0) is 8.59. The second-order valence-corrected chi connectivity index (χ2v) is 3.17. The van der Waals surface area contributed by atoms with Crippen molar-refractivity contribution in [2.75, 3.05) is 6.54 Å². The Hall–Kier alpha value is -0.760. The first-order valence-electron chi connectivity index (χ1n) is 3.84. The van der Waals surface area contributed by atoms with Gasteiger partial charge >= 0.3 is 0 Å². The van der Waals surface area contributed by atoms with Gasteiger partial charge in [-0.2, -0.15) is 0 Å². The van der Waals surface area contributed by atoms with Crippen LogP contribution in [-0.4, -0.2) is 16.8 Å². The van der Waals surface area contributed by atoms with Crippen LogP contribution in [0.5, 0.6) is 0 Å². The van der Waals surface area contributed by atoms with E-state index in [4.69, 9.17) is 0 Å². The second-order valence-electron chi connectivity index (χ2n) is 3.17. The van der Waals surface area contributed by atoms with Crippen LogP contribution in [0.15, 0.2) is 22.4 Å². The van der Waals surface area contributed by atoms with Gasteiger partial charge in [-0.25, -0.2) is 0 Å². The smallest absolute Gasteiger partial charge is 0.0663 e. The van der Waals surface area contributed by atoms with E-state index in [0.717, 1.165) is 5.70 Å². The highest BCUT2D eigenvalue weighted by Gasteiger charge is 2.14. The lowest BCUT2D eigenvalue weighted by Gasteiger charge is -2.26. The fourth-order valence-electron chi connectivity index (χ4n) is 1.25. The fourth-order valence-corrected chi connectivity index (χ4v) is 1.25. The molecule has 0 aromatic heterocycles. The van der Waals surface area contributed by atoms with Crippen LogP contribution in [0.4, 0.5) is 0 Å². The van der Waals surface area contributed by atoms with Crippen molar-refractivity contribution >= 4 is 0 Å². The van der Waals surface area contributed by atoms with E-state index in [1.165, 1.54) is 21.8 Å². The summed E-state index contributed by atoms with van der Waals surface area (Å²) in [6.45, 7) is 8.77. The third-order valence-corrected chi connectivity index (χ3v) is 2.52. The molecule has 2 heteroatoms. The number of nitrogens with zero attached hydrogens (tertiary/aromatic N) is 1. The molecule has 0 unspecified atom stereocenters. The van der Waals surface area contributed by atoms with E-state index >= 15 is 0 Å². The maximum Gasteiger partial charge on any atom is 0.0663 e. The molecule has 0 saturated heterocycles. The normalized spacial score (nSPS) is 19.9. The molecule has 1 aliphatic rings. The molecule has 62 valence electrons. The molecule has 1 aliphatic heterocycles. The first-order chi connectivity index (χ1) is 5.04. The lowest BCUT2D eigenvalue weighted by atomic mass is 9.99. The van der Waals surface area contributed by atoms with E-state index in [2.05, 4.69) is 13.8 Å². The summed E-state index contributed by atoms with van der Waals surface area (Å²) in [7, 11) is 0. The predicted octanol–water partition coefficient (Wildman–Crippen LogP) is 2.32. The van der Waals surface area contributed by atoms with Crippen molar-refractivity contribution in [3.8, 4) is 0 Å². The maximum atomic E-state index is 9.38. The summed E-state index contributed by atoms with van der Waals surface area (Å²) in [5.74, 6) is 0. The van der Waals surface area contributed by atoms with Crippen molar-refractivity contribution in [3.63, 3.8) is 0 Å². The first kappa shape index (κ1) is 8.34. The number of hydrogen-bond donors (Lipinski definition) is 1. The molecular weight excluding hydrogens is 138 g/mol. The molecule has 0 aromatic rings. The van der Waals surface area contributed by atoms with Gasteiger partial charge in [-0.05, 0) is 44.4 Å². The van der Waals surface area contributed by atoms with E-state index in [-0.39, 0.29) is 0 Å². The molecule has 0 bridgehead atoms. The zero-order valence-electron chi connectivity index (χ0n) is 7.60. The van der Waals surface area contributed by atoms with Gasteiger partial charge in [0.15, 0.2) is 0 Å². The summed E-state index contributed by atoms with van der Waals surface area (Å²) in [5.41, 5.74) is 4.72. The van der Waals surface area contributed by atoms with Gasteiger partial charge in [0.1, 0.15) is 0 Å². The Morgan fingerprint density at radius 1 is 1.09 bits per heavy atom. The van der Waals surface area contributed by atoms with Crippen LogP contribution >= 0.6 is 0 Å². The lowest BCUT2D eigenvalue weighted by molar-refractivity contribution is -0.0490. The summed E-state index contributed by atoms with van der Waals surface area (Å²) in [6.07, 6.45) is 0. The van der Waals surface area contributed by atoms with Crippen LogP contribution in [0.2, 0.25) is 0 Å². The Bertz CT molecular complexity index is 238. The highest BCUT2D eigenvalue weighted by Crippen LogP contribution is 2.24. The van der Waals surface area contributed by atoms with Gasteiger partial charge in [0.25, 0.3) is 0 Å². The molecule has 0 fully saturated rings. The van der Waals surface area contributed by atoms with E-state index in [0.29, 0.717) is 6.54 Å². The number of hydroxylamine groups is 2. The molecule has 0 radical (unpaired) electrons. The molecular formula is C9H15NO. The molecule has 0 atom stereocenters. The largest absolute Gasteiger partial charge is 0.288 e. The minimum atomic E-state index is 0.648. The quantitative estimate of drug-likeness (QED) is 0.577. The summed E-state index contributed by atoms with van der Waals surface area (Å²) in [5, 5.41) is 10.7. The van der Waals surface area contributed by atoms with Gasteiger partial charge in [0, 0.05) is 5.70 Å². The standard InChI is InChI=1S/C9H15NO/c1-6-5-10(11)9(4)8(3)7(6)2/h11H,5H2,1-4H3. The average molecular weight is 153 g/mol. The van der Waals surface area contributed by atoms with Gasteiger partial charge in [-0.1, -0.05) is 0 Å². The highest BCUT2D eigenvalue weighted by molar-refractivity contribution is 5.37. The molecule has 1 heterocycles. The predicted molar refractivity (Wildman–Crippen MR) is 45.2 cm³/mol. The molecule has 0 spiro atoms. The topological polar surface area (TPSA) is 23.5 Å². The van der Waals surface area contributed by atoms with E-state index in [9.17, 15) is 5.21 Å². The lowest BCUT2D eigenvalue weighted by Crippen LogP contribution is -2.24. The zero-order valence-corrected chi connectivity index (χ0v) is 7.60. The van der Waals surface area contributed by atoms with Crippen molar-refractivity contribution < 1.29 is 5.21 Å². The third-order valence-electron chi connectivity index (χ3n) is 2.52. The Kier molecular flexibility index (Phi) is 2.05. The fraction of sp³-hybridized carbons (Fsp3) is 0.556. The van der Waals surface area contributed by atoms with Crippen LogP contribution in [0.1, 0.15) is 27.7 Å². The molecule has 11 heavy (non-hydrogen) atoms. The molecule has 2 nitrogen and oxygen atoms in total. The number of rotatable bonds is 0. The van der Waals surface area contributed by atoms with Crippen LogP contribution in [0.3, 0.4) is 0 Å². The Morgan fingerprint density at radius 2 is 1.64 bits per heavy atom. The SMILES string of the molecule is CC1=C(C)C(C)=C(C)N(O)C1.